The van der Waals surface area contributed by atoms with Gasteiger partial charge in [-0.2, -0.15) is 0 Å². The molecule has 1 amide bonds. The molecule has 0 aliphatic carbocycles. The molecule has 0 spiro atoms. The topological polar surface area (TPSA) is 64.1 Å². The van der Waals surface area contributed by atoms with E-state index >= 15 is 0 Å². The predicted molar refractivity (Wildman–Crippen MR) is 124 cm³/mol. The molecule has 168 valence electrons. The Hall–Kier alpha value is -1.67. The van der Waals surface area contributed by atoms with Crippen molar-refractivity contribution in [2.45, 2.75) is 59.5 Å². The van der Waals surface area contributed by atoms with Crippen molar-refractivity contribution in [1.82, 2.24) is 25.0 Å². The lowest BCUT2D eigenvalue weighted by Crippen LogP contribution is -2.57. The number of hydrogen-bond donors (Lipinski definition) is 1. The molecule has 0 radical (unpaired) electrons. The molecule has 3 heterocycles. The smallest absolute Gasteiger partial charge is 0.239 e. The third-order valence-electron chi connectivity index (χ3n) is 5.84. The standard InChI is InChI=1S/C22H38N6OS/c1-5-23-22(25-16-19-15-24-20(30-19)14-17(2)3)28-12-10-26(11-13-28)18(4)21(29)27-8-6-7-9-27/h15,17-18H,5-14,16H2,1-4H3,(H,23,25). The number of likely N-dealkylation sites (tertiary alicyclic amines) is 1. The van der Waals surface area contributed by atoms with Crippen LogP contribution in [-0.2, 0) is 17.8 Å². The molecule has 2 aliphatic rings. The van der Waals surface area contributed by atoms with Crippen molar-refractivity contribution >= 4 is 23.2 Å². The maximum absolute atomic E-state index is 12.7. The SMILES string of the molecule is CCNC(=NCc1cnc(CC(C)C)s1)N1CCN(C(C)C(=O)N2CCCC2)CC1. The van der Waals surface area contributed by atoms with Crippen LogP contribution in [0.15, 0.2) is 11.2 Å². The Morgan fingerprint density at radius 1 is 1.13 bits per heavy atom. The summed E-state index contributed by atoms with van der Waals surface area (Å²) < 4.78 is 0. The van der Waals surface area contributed by atoms with Gasteiger partial charge in [-0.1, -0.05) is 13.8 Å². The van der Waals surface area contributed by atoms with Crippen molar-refractivity contribution in [3.8, 4) is 0 Å². The van der Waals surface area contributed by atoms with E-state index in [1.165, 1.54) is 9.88 Å². The molecule has 3 rings (SSSR count). The maximum atomic E-state index is 12.7. The second kappa shape index (κ2) is 11.1. The largest absolute Gasteiger partial charge is 0.357 e. The first-order chi connectivity index (χ1) is 14.5. The lowest BCUT2D eigenvalue weighted by atomic mass is 10.1. The van der Waals surface area contributed by atoms with E-state index in [4.69, 9.17) is 4.99 Å². The average Bonchev–Trinajstić information content (AvgIpc) is 3.42. The Labute approximate surface area is 185 Å². The predicted octanol–water partition coefficient (Wildman–Crippen LogP) is 2.44. The molecular formula is C22H38N6OS. The van der Waals surface area contributed by atoms with Crippen LogP contribution in [-0.4, -0.2) is 83.4 Å². The number of carbonyl (C=O) groups excluding carboxylic acids is 1. The fraction of sp³-hybridized carbons (Fsp3) is 0.773. The van der Waals surface area contributed by atoms with Gasteiger partial charge >= 0.3 is 0 Å². The minimum Gasteiger partial charge on any atom is -0.357 e. The lowest BCUT2D eigenvalue weighted by Gasteiger charge is -2.39. The summed E-state index contributed by atoms with van der Waals surface area (Å²) in [5, 5.41) is 4.64. The fourth-order valence-corrected chi connectivity index (χ4v) is 5.18. The van der Waals surface area contributed by atoms with E-state index in [0.717, 1.165) is 71.0 Å². The molecule has 1 atom stereocenters. The maximum Gasteiger partial charge on any atom is 0.239 e. The number of hydrogen-bond acceptors (Lipinski definition) is 5. The highest BCUT2D eigenvalue weighted by Crippen LogP contribution is 2.18. The van der Waals surface area contributed by atoms with Gasteiger partial charge in [-0.3, -0.25) is 9.69 Å². The van der Waals surface area contributed by atoms with Gasteiger partial charge in [0.25, 0.3) is 0 Å². The summed E-state index contributed by atoms with van der Waals surface area (Å²) in [6, 6.07) is -0.0265. The third kappa shape index (κ3) is 6.17. The van der Waals surface area contributed by atoms with Gasteiger partial charge in [0, 0.05) is 63.3 Å². The molecule has 2 aliphatic heterocycles. The average molecular weight is 435 g/mol. The number of nitrogens with one attached hydrogen (secondary N) is 1. The summed E-state index contributed by atoms with van der Waals surface area (Å²) >= 11 is 1.77. The number of amides is 1. The van der Waals surface area contributed by atoms with Gasteiger partial charge in [0.15, 0.2) is 5.96 Å². The second-order valence-electron chi connectivity index (χ2n) is 8.72. The second-order valence-corrected chi connectivity index (χ2v) is 9.92. The monoisotopic (exact) mass is 434 g/mol. The van der Waals surface area contributed by atoms with Crippen LogP contribution in [0.25, 0.3) is 0 Å². The van der Waals surface area contributed by atoms with Crippen molar-refractivity contribution in [3.05, 3.63) is 16.1 Å². The van der Waals surface area contributed by atoms with E-state index < -0.39 is 0 Å². The van der Waals surface area contributed by atoms with Crippen LogP contribution in [0.2, 0.25) is 0 Å². The summed E-state index contributed by atoms with van der Waals surface area (Å²) in [7, 11) is 0. The fourth-order valence-electron chi connectivity index (χ4n) is 4.12. The van der Waals surface area contributed by atoms with Crippen LogP contribution in [0.1, 0.15) is 50.4 Å². The number of rotatable bonds is 7. The van der Waals surface area contributed by atoms with Crippen LogP contribution in [0.3, 0.4) is 0 Å². The molecule has 1 aromatic rings. The molecule has 7 nitrogen and oxygen atoms in total. The third-order valence-corrected chi connectivity index (χ3v) is 6.84. The molecule has 2 saturated heterocycles. The summed E-state index contributed by atoms with van der Waals surface area (Å²) in [6.45, 7) is 15.6. The highest BCUT2D eigenvalue weighted by atomic mass is 32.1. The zero-order valence-electron chi connectivity index (χ0n) is 19.1. The summed E-state index contributed by atoms with van der Waals surface area (Å²) in [6.07, 6.45) is 5.30. The first-order valence-corrected chi connectivity index (χ1v) is 12.3. The van der Waals surface area contributed by atoms with Gasteiger partial charge < -0.3 is 15.1 Å². The molecule has 30 heavy (non-hydrogen) atoms. The highest BCUT2D eigenvalue weighted by molar-refractivity contribution is 7.11. The van der Waals surface area contributed by atoms with E-state index in [9.17, 15) is 4.79 Å². The molecule has 2 fully saturated rings. The number of nitrogens with zero attached hydrogens (tertiary/aromatic N) is 5. The van der Waals surface area contributed by atoms with Crippen molar-refractivity contribution in [1.29, 1.82) is 0 Å². The molecular weight excluding hydrogens is 396 g/mol. The molecule has 0 aromatic carbocycles. The first kappa shape index (κ1) is 23.0. The number of piperazine rings is 1. The van der Waals surface area contributed by atoms with Crippen molar-refractivity contribution < 1.29 is 4.79 Å². The van der Waals surface area contributed by atoms with E-state index in [2.05, 4.69) is 47.8 Å². The quantitative estimate of drug-likeness (QED) is 0.527. The Balaban J connectivity index is 1.53. The Kier molecular flexibility index (Phi) is 8.50. The first-order valence-electron chi connectivity index (χ1n) is 11.5. The number of aromatic nitrogens is 1. The van der Waals surface area contributed by atoms with E-state index in [1.54, 1.807) is 11.3 Å². The minimum absolute atomic E-state index is 0.0265. The molecule has 0 bridgehead atoms. The molecule has 8 heteroatoms. The molecule has 1 N–H and O–H groups in total. The van der Waals surface area contributed by atoms with Crippen LogP contribution < -0.4 is 5.32 Å². The molecule has 1 aromatic heterocycles. The van der Waals surface area contributed by atoms with E-state index in [0.29, 0.717) is 18.4 Å². The van der Waals surface area contributed by atoms with E-state index in [-0.39, 0.29) is 6.04 Å². The normalized spacial score (nSPS) is 19.6. The van der Waals surface area contributed by atoms with Crippen LogP contribution in [0, 0.1) is 5.92 Å². The van der Waals surface area contributed by atoms with Gasteiger partial charge in [-0.05, 0) is 32.6 Å². The van der Waals surface area contributed by atoms with Crippen LogP contribution in [0.4, 0.5) is 0 Å². The van der Waals surface area contributed by atoms with Gasteiger partial charge in [0.2, 0.25) is 5.91 Å². The van der Waals surface area contributed by atoms with Gasteiger partial charge in [0.1, 0.15) is 0 Å². The van der Waals surface area contributed by atoms with Gasteiger partial charge in [-0.15, -0.1) is 11.3 Å². The van der Waals surface area contributed by atoms with Gasteiger partial charge in [0.05, 0.1) is 17.6 Å². The number of carbonyl (C=O) groups is 1. The summed E-state index contributed by atoms with van der Waals surface area (Å²) in [5.41, 5.74) is 0. The summed E-state index contributed by atoms with van der Waals surface area (Å²) in [4.78, 5) is 30.0. The minimum atomic E-state index is -0.0265. The van der Waals surface area contributed by atoms with Crippen molar-refractivity contribution in [2.75, 3.05) is 45.8 Å². The highest BCUT2D eigenvalue weighted by Gasteiger charge is 2.30. The number of aliphatic imine (C=N–C) groups is 1. The van der Waals surface area contributed by atoms with Gasteiger partial charge in [-0.25, -0.2) is 9.98 Å². The number of thiazole rings is 1. The molecule has 1 unspecified atom stereocenters. The molecule has 0 saturated carbocycles. The number of guanidine groups is 1. The van der Waals surface area contributed by atoms with Crippen LogP contribution in [0.5, 0.6) is 0 Å². The lowest BCUT2D eigenvalue weighted by molar-refractivity contribution is -0.135. The van der Waals surface area contributed by atoms with E-state index in [1.807, 2.05) is 11.1 Å². The Morgan fingerprint density at radius 3 is 2.47 bits per heavy atom. The van der Waals surface area contributed by atoms with Crippen LogP contribution >= 0.6 is 11.3 Å². The zero-order chi connectivity index (χ0) is 21.5. The zero-order valence-corrected chi connectivity index (χ0v) is 19.9. The summed E-state index contributed by atoms with van der Waals surface area (Å²) in [5.74, 6) is 1.89. The van der Waals surface area contributed by atoms with Crippen molar-refractivity contribution in [3.63, 3.8) is 0 Å². The van der Waals surface area contributed by atoms with Crippen molar-refractivity contribution in [2.24, 2.45) is 10.9 Å². The Bertz CT molecular complexity index is 704. The Morgan fingerprint density at radius 2 is 1.83 bits per heavy atom.